The highest BCUT2D eigenvalue weighted by atomic mass is 19.1. The molecule has 29 heavy (non-hydrogen) atoms. The van der Waals surface area contributed by atoms with Crippen molar-refractivity contribution in [2.24, 2.45) is 0 Å². The van der Waals surface area contributed by atoms with Crippen LogP contribution in [0.15, 0.2) is 42.5 Å². The molecule has 0 aromatic heterocycles. The Morgan fingerprint density at radius 1 is 1.14 bits per heavy atom. The molecule has 1 fully saturated rings. The summed E-state index contributed by atoms with van der Waals surface area (Å²) in [5.41, 5.74) is -0.0981. The van der Waals surface area contributed by atoms with E-state index in [4.69, 9.17) is 0 Å². The Morgan fingerprint density at radius 2 is 1.79 bits per heavy atom. The first-order valence-electron chi connectivity index (χ1n) is 9.01. The SMILES string of the molecule is Cc1ccc(CN(C)C(=O)CN2C(=O)N[C@](C)(c3cc(F)ccc3F)C2=O)cc1. The quantitative estimate of drug-likeness (QED) is 0.784. The Kier molecular flexibility index (Phi) is 5.37. The summed E-state index contributed by atoms with van der Waals surface area (Å²) in [6, 6.07) is 9.45. The molecule has 2 aromatic rings. The van der Waals surface area contributed by atoms with E-state index in [-0.39, 0.29) is 5.56 Å². The number of aryl methyl sites for hydroxylation is 1. The van der Waals surface area contributed by atoms with Gasteiger partial charge in [0.2, 0.25) is 5.91 Å². The number of nitrogens with one attached hydrogen (secondary N) is 1. The second-order valence-electron chi connectivity index (χ2n) is 7.31. The van der Waals surface area contributed by atoms with Gasteiger partial charge in [-0.3, -0.25) is 14.5 Å². The van der Waals surface area contributed by atoms with Gasteiger partial charge in [0, 0.05) is 19.2 Å². The number of likely N-dealkylation sites (N-methyl/N-ethyl adjacent to an activating group) is 1. The van der Waals surface area contributed by atoms with Crippen LogP contribution >= 0.6 is 0 Å². The van der Waals surface area contributed by atoms with E-state index in [1.165, 1.54) is 11.8 Å². The predicted molar refractivity (Wildman–Crippen MR) is 102 cm³/mol. The van der Waals surface area contributed by atoms with Crippen molar-refractivity contribution in [2.45, 2.75) is 25.9 Å². The average molecular weight is 401 g/mol. The van der Waals surface area contributed by atoms with Crippen molar-refractivity contribution < 1.29 is 23.2 Å². The fraction of sp³-hybridized carbons (Fsp3) is 0.286. The summed E-state index contributed by atoms with van der Waals surface area (Å²) >= 11 is 0. The molecule has 0 unspecified atom stereocenters. The fourth-order valence-corrected chi connectivity index (χ4v) is 3.22. The van der Waals surface area contributed by atoms with Crippen LogP contribution in [0.25, 0.3) is 0 Å². The molecule has 1 aliphatic rings. The Balaban J connectivity index is 1.75. The maximum absolute atomic E-state index is 14.2. The van der Waals surface area contributed by atoms with Crippen LogP contribution in [-0.4, -0.2) is 41.2 Å². The number of nitrogens with zero attached hydrogens (tertiary/aromatic N) is 2. The molecule has 6 nitrogen and oxygen atoms in total. The van der Waals surface area contributed by atoms with E-state index in [0.717, 1.165) is 34.2 Å². The van der Waals surface area contributed by atoms with Gasteiger partial charge >= 0.3 is 6.03 Å². The third-order valence-corrected chi connectivity index (χ3v) is 5.00. The van der Waals surface area contributed by atoms with Gasteiger partial charge in [-0.15, -0.1) is 0 Å². The standard InChI is InChI=1S/C21H21F2N3O3/c1-13-4-6-14(7-5-13)11-25(3)18(27)12-26-19(28)21(2,24-20(26)29)16-10-15(22)8-9-17(16)23/h4-10H,11-12H2,1-3H3,(H,24,29)/t21-/m1/s1. The molecule has 152 valence electrons. The first kappa shape index (κ1) is 20.4. The number of benzene rings is 2. The van der Waals surface area contributed by atoms with Gasteiger partial charge < -0.3 is 10.2 Å². The van der Waals surface area contributed by atoms with E-state index in [1.54, 1.807) is 7.05 Å². The summed E-state index contributed by atoms with van der Waals surface area (Å²) in [7, 11) is 1.56. The van der Waals surface area contributed by atoms with Crippen LogP contribution in [0.1, 0.15) is 23.6 Å². The molecular formula is C21H21F2N3O3. The van der Waals surface area contributed by atoms with Gasteiger partial charge in [0.15, 0.2) is 0 Å². The van der Waals surface area contributed by atoms with Gasteiger partial charge in [-0.1, -0.05) is 29.8 Å². The van der Waals surface area contributed by atoms with Crippen LogP contribution in [0.5, 0.6) is 0 Å². The number of urea groups is 1. The molecule has 1 N–H and O–H groups in total. The maximum Gasteiger partial charge on any atom is 0.325 e. The topological polar surface area (TPSA) is 69.7 Å². The van der Waals surface area contributed by atoms with Gasteiger partial charge in [-0.05, 0) is 37.6 Å². The van der Waals surface area contributed by atoms with E-state index >= 15 is 0 Å². The molecule has 0 spiro atoms. The predicted octanol–water partition coefficient (Wildman–Crippen LogP) is 2.70. The number of halogens is 2. The molecule has 3 rings (SSSR count). The number of imide groups is 1. The first-order valence-corrected chi connectivity index (χ1v) is 9.01. The molecule has 1 heterocycles. The third-order valence-electron chi connectivity index (χ3n) is 5.00. The largest absolute Gasteiger partial charge is 0.340 e. The van der Waals surface area contributed by atoms with Crippen LogP contribution in [0.3, 0.4) is 0 Å². The fourth-order valence-electron chi connectivity index (χ4n) is 3.22. The minimum Gasteiger partial charge on any atom is -0.340 e. The summed E-state index contributed by atoms with van der Waals surface area (Å²) in [5.74, 6) is -2.84. The zero-order valence-electron chi connectivity index (χ0n) is 16.3. The highest BCUT2D eigenvalue weighted by molar-refractivity contribution is 6.09. The molecule has 0 bridgehead atoms. The van der Waals surface area contributed by atoms with Crippen molar-refractivity contribution >= 4 is 17.8 Å². The minimum atomic E-state index is -1.79. The summed E-state index contributed by atoms with van der Waals surface area (Å²) in [4.78, 5) is 39.8. The van der Waals surface area contributed by atoms with Crippen molar-refractivity contribution in [2.75, 3.05) is 13.6 Å². The number of carbonyl (C=O) groups is 3. The van der Waals surface area contributed by atoms with Crippen LogP contribution in [-0.2, 0) is 21.7 Å². The number of hydrogen-bond donors (Lipinski definition) is 1. The van der Waals surface area contributed by atoms with Crippen molar-refractivity contribution in [3.63, 3.8) is 0 Å². The Labute approximate surface area is 167 Å². The highest BCUT2D eigenvalue weighted by Gasteiger charge is 2.51. The summed E-state index contributed by atoms with van der Waals surface area (Å²) < 4.78 is 27.8. The molecule has 1 saturated heterocycles. The number of rotatable bonds is 5. The molecule has 2 aromatic carbocycles. The van der Waals surface area contributed by atoms with Gasteiger partial charge in [0.25, 0.3) is 5.91 Å². The van der Waals surface area contributed by atoms with Gasteiger partial charge in [0.1, 0.15) is 23.7 Å². The van der Waals surface area contributed by atoms with E-state index in [0.29, 0.717) is 6.54 Å². The summed E-state index contributed by atoms with van der Waals surface area (Å²) in [5, 5.41) is 2.37. The van der Waals surface area contributed by atoms with Crippen LogP contribution in [0, 0.1) is 18.6 Å². The second-order valence-corrected chi connectivity index (χ2v) is 7.31. The maximum atomic E-state index is 14.2. The van der Waals surface area contributed by atoms with Crippen molar-refractivity contribution in [3.8, 4) is 0 Å². The minimum absolute atomic E-state index is 0.293. The van der Waals surface area contributed by atoms with Crippen LogP contribution in [0.2, 0.25) is 0 Å². The zero-order valence-corrected chi connectivity index (χ0v) is 16.3. The number of amides is 4. The van der Waals surface area contributed by atoms with Crippen molar-refractivity contribution in [1.29, 1.82) is 0 Å². The number of carbonyl (C=O) groups excluding carboxylic acids is 3. The van der Waals surface area contributed by atoms with E-state index in [2.05, 4.69) is 5.32 Å². The molecule has 8 heteroatoms. The lowest BCUT2D eigenvalue weighted by Crippen LogP contribution is -2.44. The lowest BCUT2D eigenvalue weighted by Gasteiger charge is -2.23. The van der Waals surface area contributed by atoms with Gasteiger partial charge in [0.05, 0.1) is 0 Å². The third kappa shape index (κ3) is 3.96. The van der Waals surface area contributed by atoms with Gasteiger partial charge in [-0.25, -0.2) is 13.6 Å². The highest BCUT2D eigenvalue weighted by Crippen LogP contribution is 2.31. The molecule has 0 aliphatic carbocycles. The van der Waals surface area contributed by atoms with Crippen LogP contribution < -0.4 is 5.32 Å². The van der Waals surface area contributed by atoms with E-state index < -0.39 is 41.6 Å². The lowest BCUT2D eigenvalue weighted by molar-refractivity contribution is -0.138. The van der Waals surface area contributed by atoms with Crippen LogP contribution in [0.4, 0.5) is 13.6 Å². The normalized spacial score (nSPS) is 18.7. The second kappa shape index (κ2) is 7.62. The summed E-state index contributed by atoms with van der Waals surface area (Å²) in [6.07, 6.45) is 0. The Hall–Kier alpha value is -3.29. The molecule has 0 saturated carbocycles. The molecule has 0 radical (unpaired) electrons. The first-order chi connectivity index (χ1) is 13.6. The van der Waals surface area contributed by atoms with E-state index in [1.807, 2.05) is 31.2 Å². The summed E-state index contributed by atoms with van der Waals surface area (Å²) in [6.45, 7) is 3.04. The Morgan fingerprint density at radius 3 is 2.45 bits per heavy atom. The molecule has 4 amide bonds. The monoisotopic (exact) mass is 401 g/mol. The van der Waals surface area contributed by atoms with Gasteiger partial charge in [-0.2, -0.15) is 0 Å². The zero-order chi connectivity index (χ0) is 21.3. The average Bonchev–Trinajstić information content (AvgIpc) is 2.89. The van der Waals surface area contributed by atoms with Crippen molar-refractivity contribution in [3.05, 3.63) is 70.8 Å². The van der Waals surface area contributed by atoms with E-state index in [9.17, 15) is 23.2 Å². The lowest BCUT2D eigenvalue weighted by atomic mass is 9.91. The van der Waals surface area contributed by atoms with Crippen molar-refractivity contribution in [1.82, 2.24) is 15.1 Å². The molecule has 1 atom stereocenters. The molecule has 1 aliphatic heterocycles. The smallest absolute Gasteiger partial charge is 0.325 e. The Bertz CT molecular complexity index is 978. The number of hydrogen-bond acceptors (Lipinski definition) is 3. The molecular weight excluding hydrogens is 380 g/mol.